The van der Waals surface area contributed by atoms with Gasteiger partial charge in [0.15, 0.2) is 0 Å². The lowest BCUT2D eigenvalue weighted by Crippen LogP contribution is -2.53. The number of hydrogen-bond donors (Lipinski definition) is 2. The van der Waals surface area contributed by atoms with Gasteiger partial charge >= 0.3 is 17.5 Å². The summed E-state index contributed by atoms with van der Waals surface area (Å²) in [5.74, 6) is -2.59. The third kappa shape index (κ3) is 1.41. The highest BCUT2D eigenvalue weighted by Gasteiger charge is 2.51. The molecule has 0 radical (unpaired) electrons. The molecule has 0 saturated carbocycles. The zero-order valence-corrected chi connectivity index (χ0v) is 8.34. The van der Waals surface area contributed by atoms with Gasteiger partial charge in [-0.25, -0.2) is 9.59 Å². The molecule has 1 aromatic rings. The van der Waals surface area contributed by atoms with Crippen LogP contribution in [0.1, 0.15) is 12.0 Å². The Balaban J connectivity index is 2.43. The zero-order chi connectivity index (χ0) is 11.8. The molecule has 16 heavy (non-hydrogen) atoms. The number of hydrogen-bond acceptors (Lipinski definition) is 3. The summed E-state index contributed by atoms with van der Waals surface area (Å²) in [4.78, 5) is 22.0. The maximum Gasteiger partial charge on any atom is 0.360 e. The first-order valence-corrected chi connectivity index (χ1v) is 4.80. The van der Waals surface area contributed by atoms with E-state index in [1.807, 2.05) is 0 Å². The van der Waals surface area contributed by atoms with E-state index in [9.17, 15) is 9.59 Å². The smallest absolute Gasteiger partial charge is 0.360 e. The van der Waals surface area contributed by atoms with Crippen molar-refractivity contribution in [3.63, 3.8) is 0 Å². The fraction of sp³-hybridized carbons (Fsp3) is 0.273. The first-order valence-electron chi connectivity index (χ1n) is 4.80. The highest BCUT2D eigenvalue weighted by Crippen LogP contribution is 2.33. The van der Waals surface area contributed by atoms with Crippen LogP contribution in [0.25, 0.3) is 0 Å². The molecule has 5 heteroatoms. The molecule has 0 spiro atoms. The lowest BCUT2D eigenvalue weighted by Gasteiger charge is -2.31. The minimum absolute atomic E-state index is 0.0608. The third-order valence-corrected chi connectivity index (χ3v) is 2.69. The molecule has 0 aliphatic carbocycles. The molecule has 0 aromatic heterocycles. The van der Waals surface area contributed by atoms with E-state index in [2.05, 4.69) is 0 Å². The summed E-state index contributed by atoms with van der Waals surface area (Å²) in [6.07, 6.45) is 0.323. The number of para-hydroxylation sites is 1. The molecule has 5 nitrogen and oxygen atoms in total. The molecule has 0 bridgehead atoms. The van der Waals surface area contributed by atoms with Gasteiger partial charge in [0.25, 0.3) is 0 Å². The van der Waals surface area contributed by atoms with Crippen molar-refractivity contribution in [3.05, 3.63) is 29.8 Å². The van der Waals surface area contributed by atoms with Crippen LogP contribution in [0.15, 0.2) is 24.3 Å². The molecule has 1 aliphatic heterocycles. The topological polar surface area (TPSA) is 83.8 Å². The number of fused-ring (bicyclic) bond motifs is 1. The van der Waals surface area contributed by atoms with Crippen LogP contribution < -0.4 is 4.74 Å². The zero-order valence-electron chi connectivity index (χ0n) is 8.34. The van der Waals surface area contributed by atoms with Crippen molar-refractivity contribution in [2.24, 2.45) is 0 Å². The van der Waals surface area contributed by atoms with Crippen molar-refractivity contribution in [1.82, 2.24) is 0 Å². The van der Waals surface area contributed by atoms with Crippen LogP contribution in [-0.2, 0) is 16.0 Å². The Bertz CT molecular complexity index is 437. The summed E-state index contributed by atoms with van der Waals surface area (Å²) in [5, 5.41) is 18.0. The van der Waals surface area contributed by atoms with Crippen LogP contribution in [0.5, 0.6) is 5.75 Å². The van der Waals surface area contributed by atoms with E-state index < -0.39 is 17.5 Å². The Labute approximate surface area is 91.3 Å². The molecule has 2 rings (SSSR count). The van der Waals surface area contributed by atoms with Crippen molar-refractivity contribution in [2.75, 3.05) is 0 Å². The average molecular weight is 222 g/mol. The Kier molecular flexibility index (Phi) is 2.30. The molecule has 84 valence electrons. The molecular weight excluding hydrogens is 212 g/mol. The molecule has 1 aromatic carbocycles. The Morgan fingerprint density at radius 3 is 2.44 bits per heavy atom. The predicted octanol–water partition coefficient (Wildman–Crippen LogP) is 0.920. The van der Waals surface area contributed by atoms with Gasteiger partial charge in [-0.15, -0.1) is 0 Å². The monoisotopic (exact) mass is 222 g/mol. The van der Waals surface area contributed by atoms with E-state index >= 15 is 0 Å². The summed E-state index contributed by atoms with van der Waals surface area (Å²) in [5.41, 5.74) is -1.31. The maximum atomic E-state index is 11.0. The summed E-state index contributed by atoms with van der Waals surface area (Å²) in [7, 11) is 0. The van der Waals surface area contributed by atoms with Crippen LogP contribution in [0.4, 0.5) is 0 Å². The lowest BCUT2D eigenvalue weighted by atomic mass is 9.91. The van der Waals surface area contributed by atoms with Gasteiger partial charge in [-0.1, -0.05) is 18.2 Å². The normalized spacial score (nSPS) is 17.0. The van der Waals surface area contributed by atoms with Gasteiger partial charge in [0, 0.05) is 6.42 Å². The number of ether oxygens (including phenoxy) is 1. The fourth-order valence-electron chi connectivity index (χ4n) is 1.75. The van der Waals surface area contributed by atoms with Crippen molar-refractivity contribution in [2.45, 2.75) is 18.4 Å². The van der Waals surface area contributed by atoms with Crippen LogP contribution in [0.2, 0.25) is 0 Å². The van der Waals surface area contributed by atoms with Crippen molar-refractivity contribution in [3.8, 4) is 5.75 Å². The highest BCUT2D eigenvalue weighted by molar-refractivity contribution is 6.02. The van der Waals surface area contributed by atoms with E-state index in [1.54, 1.807) is 24.3 Å². The molecule has 1 heterocycles. The average Bonchev–Trinajstić information content (AvgIpc) is 2.27. The first-order chi connectivity index (χ1) is 7.56. The van der Waals surface area contributed by atoms with Crippen LogP contribution >= 0.6 is 0 Å². The fourth-order valence-corrected chi connectivity index (χ4v) is 1.75. The van der Waals surface area contributed by atoms with E-state index in [-0.39, 0.29) is 6.42 Å². The molecule has 0 amide bonds. The maximum absolute atomic E-state index is 11.0. The lowest BCUT2D eigenvalue weighted by molar-refractivity contribution is -0.174. The van der Waals surface area contributed by atoms with Gasteiger partial charge < -0.3 is 14.9 Å². The third-order valence-electron chi connectivity index (χ3n) is 2.69. The SMILES string of the molecule is O=C(O)C1(C(=O)O)CCc2ccccc2O1. The second-order valence-electron chi connectivity index (χ2n) is 3.65. The van der Waals surface area contributed by atoms with Gasteiger partial charge in [-0.3, -0.25) is 0 Å². The molecule has 0 fully saturated rings. The van der Waals surface area contributed by atoms with Crippen molar-refractivity contribution >= 4 is 11.9 Å². The van der Waals surface area contributed by atoms with Crippen LogP contribution in [0.3, 0.4) is 0 Å². The second kappa shape index (κ2) is 3.52. The molecule has 0 unspecified atom stereocenters. The van der Waals surface area contributed by atoms with E-state index in [0.29, 0.717) is 12.2 Å². The number of rotatable bonds is 2. The standard InChI is InChI=1S/C11H10O5/c12-9(13)11(10(14)15)6-5-7-3-1-2-4-8(7)16-11/h1-4H,5-6H2,(H,12,13)(H,14,15). The largest absolute Gasteiger partial charge is 0.478 e. The van der Waals surface area contributed by atoms with Gasteiger partial charge in [-0.05, 0) is 18.1 Å². The second-order valence-corrected chi connectivity index (χ2v) is 3.65. The molecule has 0 saturated heterocycles. The van der Waals surface area contributed by atoms with Crippen LogP contribution in [0, 0.1) is 0 Å². The molecular formula is C11H10O5. The van der Waals surface area contributed by atoms with Crippen molar-refractivity contribution < 1.29 is 24.5 Å². The minimum atomic E-state index is -2.14. The number of aryl methyl sites for hydroxylation is 1. The van der Waals surface area contributed by atoms with Gasteiger partial charge in [0.05, 0.1) is 0 Å². The Morgan fingerprint density at radius 2 is 1.81 bits per heavy atom. The number of carboxylic acid groups (broad SMARTS) is 2. The minimum Gasteiger partial charge on any atom is -0.478 e. The number of aliphatic carboxylic acids is 2. The number of carbonyl (C=O) groups is 2. The molecule has 1 aliphatic rings. The molecule has 0 atom stereocenters. The Hall–Kier alpha value is -2.04. The van der Waals surface area contributed by atoms with Gasteiger partial charge in [0.1, 0.15) is 5.75 Å². The summed E-state index contributed by atoms with van der Waals surface area (Å²) < 4.78 is 5.14. The van der Waals surface area contributed by atoms with E-state index in [0.717, 1.165) is 5.56 Å². The van der Waals surface area contributed by atoms with Crippen LogP contribution in [-0.4, -0.2) is 27.8 Å². The summed E-state index contributed by atoms with van der Waals surface area (Å²) in [6, 6.07) is 6.85. The predicted molar refractivity (Wildman–Crippen MR) is 53.4 cm³/mol. The van der Waals surface area contributed by atoms with Gasteiger partial charge in [0.2, 0.25) is 0 Å². The summed E-state index contributed by atoms with van der Waals surface area (Å²) >= 11 is 0. The van der Waals surface area contributed by atoms with Gasteiger partial charge in [-0.2, -0.15) is 0 Å². The van der Waals surface area contributed by atoms with E-state index in [4.69, 9.17) is 14.9 Å². The van der Waals surface area contributed by atoms with E-state index in [1.165, 1.54) is 0 Å². The first kappa shape index (κ1) is 10.5. The number of carboxylic acids is 2. The number of benzene rings is 1. The molecule has 2 N–H and O–H groups in total. The quantitative estimate of drug-likeness (QED) is 0.727. The van der Waals surface area contributed by atoms with Crippen molar-refractivity contribution in [1.29, 1.82) is 0 Å². The summed E-state index contributed by atoms with van der Waals surface area (Å²) in [6.45, 7) is 0. The highest BCUT2D eigenvalue weighted by atomic mass is 16.6. The Morgan fingerprint density at radius 1 is 1.19 bits per heavy atom.